The third-order valence-corrected chi connectivity index (χ3v) is 5.44. The van der Waals surface area contributed by atoms with Gasteiger partial charge in [-0.15, -0.1) is 11.3 Å². The molecule has 6 nitrogen and oxygen atoms in total. The zero-order valence-corrected chi connectivity index (χ0v) is 16.1. The van der Waals surface area contributed by atoms with E-state index < -0.39 is 0 Å². The Morgan fingerprint density at radius 3 is 2.84 bits per heavy atom. The normalized spacial score (nSPS) is 12.0. The molecule has 2 rings (SSSR count). The number of thiophene rings is 1. The summed E-state index contributed by atoms with van der Waals surface area (Å²) in [5.74, 6) is -0.125. The van der Waals surface area contributed by atoms with E-state index in [0.717, 1.165) is 23.4 Å². The van der Waals surface area contributed by atoms with Crippen molar-refractivity contribution < 1.29 is 9.59 Å². The number of carbonyl (C=O) groups is 2. The fourth-order valence-corrected chi connectivity index (χ4v) is 4.11. The maximum atomic E-state index is 12.6. The monoisotopic (exact) mass is 379 g/mol. The molecule has 0 saturated heterocycles. The molecule has 0 saturated carbocycles. The Labute approximate surface area is 154 Å². The fraction of sp³-hybridized carbons (Fsp3) is 0.412. The molecule has 8 heteroatoms. The number of rotatable bonds is 8. The van der Waals surface area contributed by atoms with Crippen LogP contribution >= 0.6 is 23.1 Å². The highest BCUT2D eigenvalue weighted by Gasteiger charge is 2.20. The van der Waals surface area contributed by atoms with E-state index in [1.807, 2.05) is 13.0 Å². The minimum absolute atomic E-state index is 0.0207. The van der Waals surface area contributed by atoms with E-state index in [2.05, 4.69) is 15.3 Å². The van der Waals surface area contributed by atoms with Crippen LogP contribution in [0.4, 0.5) is 0 Å². The maximum Gasteiger partial charge on any atom is 0.251 e. The number of Topliss-reactive ketones (excluding diaryl/α,β-unsaturated/α-hetero) is 1. The predicted molar refractivity (Wildman–Crippen MR) is 100 cm³/mol. The summed E-state index contributed by atoms with van der Waals surface area (Å²) in [6.07, 6.45) is 1.64. The number of nitrogens with one attached hydrogen (secondary N) is 2. The molecular formula is C17H21N3O3S2. The lowest BCUT2D eigenvalue weighted by Crippen LogP contribution is -2.18. The molecule has 1 atom stereocenters. The molecule has 134 valence electrons. The Balaban J connectivity index is 2.05. The van der Waals surface area contributed by atoms with Crippen molar-refractivity contribution in [1.82, 2.24) is 15.3 Å². The number of hydrogen-bond donors (Lipinski definition) is 2. The molecule has 0 fully saturated rings. The molecule has 0 aliphatic rings. The molecule has 0 spiro atoms. The number of aryl methyl sites for hydroxylation is 1. The van der Waals surface area contributed by atoms with E-state index in [-0.39, 0.29) is 22.5 Å². The fourth-order valence-electron chi connectivity index (χ4n) is 2.16. The van der Waals surface area contributed by atoms with Gasteiger partial charge in [0.25, 0.3) is 5.56 Å². The van der Waals surface area contributed by atoms with Crippen molar-refractivity contribution in [2.75, 3.05) is 0 Å². The van der Waals surface area contributed by atoms with Gasteiger partial charge in [0.2, 0.25) is 5.91 Å². The zero-order chi connectivity index (χ0) is 18.4. The Hall–Kier alpha value is -1.93. The Morgan fingerprint density at radius 2 is 2.16 bits per heavy atom. The zero-order valence-electron chi connectivity index (χ0n) is 14.4. The summed E-state index contributed by atoms with van der Waals surface area (Å²) < 4.78 is 0. The number of hydrogen-bond acceptors (Lipinski definition) is 6. The first-order valence-electron chi connectivity index (χ1n) is 8.03. The van der Waals surface area contributed by atoms with Crippen molar-refractivity contribution in [2.45, 2.75) is 50.6 Å². The number of aromatic amines is 1. The molecule has 0 aliphatic heterocycles. The van der Waals surface area contributed by atoms with E-state index in [0.29, 0.717) is 16.6 Å². The van der Waals surface area contributed by atoms with Gasteiger partial charge in [-0.3, -0.25) is 14.4 Å². The number of ketones is 1. The number of amides is 1. The van der Waals surface area contributed by atoms with Crippen molar-refractivity contribution in [1.29, 1.82) is 0 Å². The van der Waals surface area contributed by atoms with Gasteiger partial charge in [-0.05, 0) is 25.5 Å². The minimum atomic E-state index is -0.368. The van der Waals surface area contributed by atoms with Gasteiger partial charge in [0.05, 0.1) is 16.7 Å². The van der Waals surface area contributed by atoms with Gasteiger partial charge in [-0.2, -0.15) is 0 Å². The second-order valence-electron chi connectivity index (χ2n) is 5.59. The number of nitrogens with zero attached hydrogens (tertiary/aromatic N) is 1. The molecule has 2 heterocycles. The van der Waals surface area contributed by atoms with Crippen LogP contribution in [0.25, 0.3) is 0 Å². The number of thioether (sulfide) groups is 1. The van der Waals surface area contributed by atoms with E-state index in [9.17, 15) is 14.4 Å². The quantitative estimate of drug-likeness (QED) is 0.418. The number of carbonyl (C=O) groups excluding carboxylic acids is 2. The molecule has 25 heavy (non-hydrogen) atoms. The Kier molecular flexibility index (Phi) is 6.95. The van der Waals surface area contributed by atoms with E-state index >= 15 is 0 Å². The first kappa shape index (κ1) is 19.4. The van der Waals surface area contributed by atoms with Crippen LogP contribution in [0.3, 0.4) is 0 Å². The second-order valence-corrected chi connectivity index (χ2v) is 8.09. The summed E-state index contributed by atoms with van der Waals surface area (Å²) in [5, 5.41) is 2.81. The molecule has 0 aliphatic carbocycles. The van der Waals surface area contributed by atoms with E-state index in [1.54, 1.807) is 13.0 Å². The van der Waals surface area contributed by atoms with Crippen LogP contribution in [-0.4, -0.2) is 26.9 Å². The van der Waals surface area contributed by atoms with Gasteiger partial charge in [0, 0.05) is 23.6 Å². The molecule has 0 bridgehead atoms. The molecule has 1 amide bonds. The van der Waals surface area contributed by atoms with Crippen LogP contribution in [0.1, 0.15) is 47.4 Å². The number of aromatic nitrogens is 2. The summed E-state index contributed by atoms with van der Waals surface area (Å²) in [6, 6.07) is 5.10. The molecule has 0 radical (unpaired) electrons. The van der Waals surface area contributed by atoms with Gasteiger partial charge in [0.1, 0.15) is 0 Å². The highest BCUT2D eigenvalue weighted by Crippen LogP contribution is 2.25. The summed E-state index contributed by atoms with van der Waals surface area (Å²) >= 11 is 2.62. The van der Waals surface area contributed by atoms with Crippen LogP contribution in [0.5, 0.6) is 0 Å². The lowest BCUT2D eigenvalue weighted by atomic mass is 10.2. The first-order valence-corrected chi connectivity index (χ1v) is 9.73. The number of H-pyrrole nitrogens is 1. The lowest BCUT2D eigenvalue weighted by Gasteiger charge is -2.09. The van der Waals surface area contributed by atoms with Crippen LogP contribution in [0.15, 0.2) is 28.2 Å². The van der Waals surface area contributed by atoms with Crippen LogP contribution in [0.2, 0.25) is 0 Å². The van der Waals surface area contributed by atoms with Crippen LogP contribution < -0.4 is 10.9 Å². The minimum Gasteiger partial charge on any atom is -0.351 e. The topological polar surface area (TPSA) is 91.9 Å². The van der Waals surface area contributed by atoms with Crippen molar-refractivity contribution >= 4 is 34.8 Å². The smallest absolute Gasteiger partial charge is 0.251 e. The van der Waals surface area contributed by atoms with Crippen molar-refractivity contribution in [2.24, 2.45) is 0 Å². The van der Waals surface area contributed by atoms with Gasteiger partial charge in [-0.25, -0.2) is 4.98 Å². The molecule has 2 aromatic rings. The molecule has 0 aromatic carbocycles. The largest absolute Gasteiger partial charge is 0.351 e. The van der Waals surface area contributed by atoms with Crippen molar-refractivity contribution in [3.8, 4) is 0 Å². The van der Waals surface area contributed by atoms with Gasteiger partial charge in [0.15, 0.2) is 10.9 Å². The van der Waals surface area contributed by atoms with Gasteiger partial charge < -0.3 is 10.3 Å². The summed E-state index contributed by atoms with van der Waals surface area (Å²) in [6.45, 7) is 5.70. The van der Waals surface area contributed by atoms with Crippen molar-refractivity contribution in [3.63, 3.8) is 0 Å². The van der Waals surface area contributed by atoms with Crippen LogP contribution in [-0.2, 0) is 17.8 Å². The van der Waals surface area contributed by atoms with Crippen LogP contribution in [0, 0.1) is 0 Å². The molecule has 2 aromatic heterocycles. The standard InChI is InChI=1S/C17H21N3O3S2/c1-4-5-12-8-15(22)20-17(19-12)24-10(2)16(23)14-7-6-13(25-14)9-18-11(3)21/h6-8,10H,4-5,9H2,1-3H3,(H,18,21)(H,19,20,22)/t10-/m1/s1. The maximum absolute atomic E-state index is 12.6. The predicted octanol–water partition coefficient (Wildman–Crippen LogP) is 2.78. The first-order chi connectivity index (χ1) is 11.9. The van der Waals surface area contributed by atoms with E-state index in [1.165, 1.54) is 36.1 Å². The third kappa shape index (κ3) is 5.82. The second kappa shape index (κ2) is 8.96. The summed E-state index contributed by atoms with van der Waals surface area (Å²) in [5.41, 5.74) is 0.538. The average molecular weight is 380 g/mol. The molecular weight excluding hydrogens is 358 g/mol. The third-order valence-electron chi connectivity index (χ3n) is 3.35. The van der Waals surface area contributed by atoms with Crippen molar-refractivity contribution in [3.05, 3.63) is 44.0 Å². The molecule has 0 unspecified atom stereocenters. The lowest BCUT2D eigenvalue weighted by molar-refractivity contribution is -0.119. The average Bonchev–Trinajstić information content (AvgIpc) is 3.00. The molecule has 2 N–H and O–H groups in total. The SMILES string of the molecule is CCCc1cc(=O)[nH]c(S[C@H](C)C(=O)c2ccc(CNC(C)=O)s2)n1. The Bertz CT molecular complexity index is 813. The highest BCUT2D eigenvalue weighted by atomic mass is 32.2. The highest BCUT2D eigenvalue weighted by molar-refractivity contribution is 8.00. The van der Waals surface area contributed by atoms with Gasteiger partial charge >= 0.3 is 0 Å². The summed E-state index contributed by atoms with van der Waals surface area (Å²) in [7, 11) is 0. The summed E-state index contributed by atoms with van der Waals surface area (Å²) in [4.78, 5) is 43.9. The van der Waals surface area contributed by atoms with Gasteiger partial charge in [-0.1, -0.05) is 25.1 Å². The Morgan fingerprint density at radius 1 is 1.40 bits per heavy atom. The van der Waals surface area contributed by atoms with E-state index in [4.69, 9.17) is 0 Å².